The van der Waals surface area contributed by atoms with Gasteiger partial charge in [0.1, 0.15) is 5.54 Å². The monoisotopic (exact) mass is 249 g/mol. The molecular weight excluding hydrogens is 222 g/mol. The summed E-state index contributed by atoms with van der Waals surface area (Å²) in [5, 5.41) is 13.2. The highest BCUT2D eigenvalue weighted by molar-refractivity contribution is 5.17. The van der Waals surface area contributed by atoms with Crippen LogP contribution in [0.1, 0.15) is 52.4 Å². The Morgan fingerprint density at radius 3 is 2.61 bits per heavy atom. The first-order valence-corrected chi connectivity index (χ1v) is 7.66. The van der Waals surface area contributed by atoms with Crippen molar-refractivity contribution < 1.29 is 0 Å². The molecule has 18 heavy (non-hydrogen) atoms. The summed E-state index contributed by atoms with van der Waals surface area (Å²) in [4.78, 5) is 2.58. The number of nitrogens with zero attached hydrogens (tertiary/aromatic N) is 2. The van der Waals surface area contributed by atoms with Crippen LogP contribution in [0.3, 0.4) is 0 Å². The second-order valence-corrected chi connectivity index (χ2v) is 5.92. The van der Waals surface area contributed by atoms with Crippen LogP contribution >= 0.6 is 0 Å². The van der Waals surface area contributed by atoms with Crippen LogP contribution in [0.25, 0.3) is 0 Å². The lowest BCUT2D eigenvalue weighted by atomic mass is 9.90. The van der Waals surface area contributed by atoms with Gasteiger partial charge in [0.2, 0.25) is 0 Å². The van der Waals surface area contributed by atoms with Crippen molar-refractivity contribution in [2.75, 3.05) is 19.6 Å². The van der Waals surface area contributed by atoms with E-state index in [9.17, 15) is 5.26 Å². The van der Waals surface area contributed by atoms with Gasteiger partial charge >= 0.3 is 0 Å². The number of likely N-dealkylation sites (tertiary alicyclic amines) is 1. The first kappa shape index (κ1) is 13.8. The molecule has 1 N–H and O–H groups in total. The van der Waals surface area contributed by atoms with Crippen LogP contribution in [-0.2, 0) is 0 Å². The predicted molar refractivity (Wildman–Crippen MR) is 74.2 cm³/mol. The van der Waals surface area contributed by atoms with Crippen molar-refractivity contribution in [3.05, 3.63) is 0 Å². The summed E-state index contributed by atoms with van der Waals surface area (Å²) in [6.45, 7) is 7.40. The summed E-state index contributed by atoms with van der Waals surface area (Å²) >= 11 is 0. The van der Waals surface area contributed by atoms with Crippen LogP contribution in [0.5, 0.6) is 0 Å². The SMILES string of the molecule is CCNC(C#N)(CN1CCCCC1CC)C1CC1. The van der Waals surface area contributed by atoms with E-state index in [4.69, 9.17) is 0 Å². The highest BCUT2D eigenvalue weighted by Crippen LogP contribution is 2.40. The van der Waals surface area contributed by atoms with Gasteiger partial charge in [-0.2, -0.15) is 5.26 Å². The van der Waals surface area contributed by atoms with E-state index in [1.165, 1.54) is 45.1 Å². The molecule has 1 heterocycles. The molecule has 0 aromatic heterocycles. The molecule has 3 heteroatoms. The minimum absolute atomic E-state index is 0.278. The molecule has 0 bridgehead atoms. The Morgan fingerprint density at radius 1 is 1.28 bits per heavy atom. The van der Waals surface area contributed by atoms with Gasteiger partial charge in [-0.15, -0.1) is 0 Å². The zero-order chi connectivity index (χ0) is 13.0. The number of hydrogen-bond acceptors (Lipinski definition) is 3. The van der Waals surface area contributed by atoms with Crippen molar-refractivity contribution in [1.29, 1.82) is 5.26 Å². The lowest BCUT2D eigenvalue weighted by molar-refractivity contribution is 0.107. The van der Waals surface area contributed by atoms with Crippen molar-refractivity contribution in [3.63, 3.8) is 0 Å². The molecule has 2 aliphatic rings. The van der Waals surface area contributed by atoms with Gasteiger partial charge in [-0.05, 0) is 51.1 Å². The van der Waals surface area contributed by atoms with Crippen LogP contribution in [0.15, 0.2) is 0 Å². The molecule has 0 aromatic carbocycles. The average Bonchev–Trinajstić information content (AvgIpc) is 3.23. The number of hydrogen-bond donors (Lipinski definition) is 1. The molecule has 102 valence electrons. The summed E-state index contributed by atoms with van der Waals surface area (Å²) in [5.74, 6) is 0.585. The van der Waals surface area contributed by atoms with E-state index in [2.05, 4.69) is 30.1 Å². The fourth-order valence-corrected chi connectivity index (χ4v) is 3.44. The molecule has 1 saturated carbocycles. The number of likely N-dealkylation sites (N-methyl/N-ethyl adjacent to an activating group) is 1. The van der Waals surface area contributed by atoms with E-state index in [1.807, 2.05) is 0 Å². The largest absolute Gasteiger partial charge is 0.298 e. The summed E-state index contributed by atoms with van der Waals surface area (Å²) in [6, 6.07) is 3.32. The summed E-state index contributed by atoms with van der Waals surface area (Å²) in [5.41, 5.74) is -0.278. The van der Waals surface area contributed by atoms with Gasteiger partial charge in [0.25, 0.3) is 0 Å². The molecule has 0 aromatic rings. The Labute approximate surface area is 112 Å². The van der Waals surface area contributed by atoms with Crippen LogP contribution in [0, 0.1) is 17.2 Å². The minimum Gasteiger partial charge on any atom is -0.298 e. The maximum absolute atomic E-state index is 9.67. The van der Waals surface area contributed by atoms with E-state index in [1.54, 1.807) is 0 Å². The van der Waals surface area contributed by atoms with Gasteiger partial charge in [0, 0.05) is 12.6 Å². The fraction of sp³-hybridized carbons (Fsp3) is 0.933. The molecule has 1 aliphatic heterocycles. The third kappa shape index (κ3) is 2.87. The van der Waals surface area contributed by atoms with Crippen LogP contribution < -0.4 is 5.32 Å². The van der Waals surface area contributed by atoms with E-state index in [0.29, 0.717) is 12.0 Å². The minimum atomic E-state index is -0.278. The van der Waals surface area contributed by atoms with Crippen molar-refractivity contribution in [2.24, 2.45) is 5.92 Å². The van der Waals surface area contributed by atoms with E-state index in [-0.39, 0.29) is 5.54 Å². The van der Waals surface area contributed by atoms with Crippen LogP contribution in [0.4, 0.5) is 0 Å². The molecular formula is C15H27N3. The lowest BCUT2D eigenvalue weighted by Gasteiger charge is -2.41. The maximum atomic E-state index is 9.67. The first-order chi connectivity index (χ1) is 8.75. The second-order valence-electron chi connectivity index (χ2n) is 5.92. The maximum Gasteiger partial charge on any atom is 0.122 e. The number of nitrogens with one attached hydrogen (secondary N) is 1. The summed E-state index contributed by atoms with van der Waals surface area (Å²) in [6.07, 6.45) is 7.65. The zero-order valence-electron chi connectivity index (χ0n) is 11.9. The summed E-state index contributed by atoms with van der Waals surface area (Å²) in [7, 11) is 0. The van der Waals surface area contributed by atoms with Gasteiger partial charge in [-0.25, -0.2) is 0 Å². The topological polar surface area (TPSA) is 39.1 Å². The molecule has 0 amide bonds. The lowest BCUT2D eigenvalue weighted by Crippen LogP contribution is -2.57. The Kier molecular flexibility index (Phi) is 4.64. The van der Waals surface area contributed by atoms with Gasteiger partial charge in [-0.3, -0.25) is 10.2 Å². The Morgan fingerprint density at radius 2 is 2.06 bits per heavy atom. The van der Waals surface area contributed by atoms with Gasteiger partial charge in [0.05, 0.1) is 6.07 Å². The van der Waals surface area contributed by atoms with E-state index >= 15 is 0 Å². The normalized spacial score (nSPS) is 28.6. The van der Waals surface area contributed by atoms with Gasteiger partial charge < -0.3 is 0 Å². The number of piperidine rings is 1. The Bertz CT molecular complexity index is 305. The van der Waals surface area contributed by atoms with Gasteiger partial charge in [0.15, 0.2) is 0 Å². The smallest absolute Gasteiger partial charge is 0.122 e. The standard InChI is InChI=1S/C15H27N3/c1-3-14-7-5-6-10-18(14)12-15(11-16,17-4-2)13-8-9-13/h13-14,17H,3-10,12H2,1-2H3. The first-order valence-electron chi connectivity index (χ1n) is 7.66. The van der Waals surface area contributed by atoms with Crippen molar-refractivity contribution in [2.45, 2.75) is 64.0 Å². The van der Waals surface area contributed by atoms with Crippen molar-refractivity contribution in [1.82, 2.24) is 10.2 Å². The number of rotatable bonds is 6. The Hall–Kier alpha value is -0.590. The molecule has 2 atom stereocenters. The third-order valence-corrected chi connectivity index (χ3v) is 4.64. The highest BCUT2D eigenvalue weighted by Gasteiger charge is 2.46. The van der Waals surface area contributed by atoms with Crippen LogP contribution in [0.2, 0.25) is 0 Å². The molecule has 2 rings (SSSR count). The zero-order valence-corrected chi connectivity index (χ0v) is 11.9. The summed E-state index contributed by atoms with van der Waals surface area (Å²) < 4.78 is 0. The molecule has 2 fully saturated rings. The van der Waals surface area contributed by atoms with E-state index in [0.717, 1.165) is 13.1 Å². The number of nitriles is 1. The highest BCUT2D eigenvalue weighted by atomic mass is 15.2. The predicted octanol–water partition coefficient (Wildman–Crippen LogP) is 2.53. The quantitative estimate of drug-likeness (QED) is 0.786. The average molecular weight is 249 g/mol. The van der Waals surface area contributed by atoms with Crippen molar-refractivity contribution >= 4 is 0 Å². The molecule has 0 radical (unpaired) electrons. The third-order valence-electron chi connectivity index (χ3n) is 4.64. The van der Waals surface area contributed by atoms with Crippen LogP contribution in [-0.4, -0.2) is 36.1 Å². The fourth-order valence-electron chi connectivity index (χ4n) is 3.44. The molecule has 3 nitrogen and oxygen atoms in total. The van der Waals surface area contributed by atoms with E-state index < -0.39 is 0 Å². The molecule has 1 saturated heterocycles. The molecule has 2 unspecified atom stereocenters. The van der Waals surface area contributed by atoms with Gasteiger partial charge in [-0.1, -0.05) is 20.3 Å². The Balaban J connectivity index is 2.05. The molecule has 1 aliphatic carbocycles. The second kappa shape index (κ2) is 6.04. The molecule has 0 spiro atoms. The van der Waals surface area contributed by atoms with Crippen molar-refractivity contribution in [3.8, 4) is 6.07 Å².